The zero-order valence-electron chi connectivity index (χ0n) is 13.9. The second kappa shape index (κ2) is 8.39. The number of carbonyl (C=O) groups excluding carboxylic acids is 2. The third kappa shape index (κ3) is 5.39. The summed E-state index contributed by atoms with van der Waals surface area (Å²) in [4.78, 5) is 41.0. The van der Waals surface area contributed by atoms with Gasteiger partial charge in [0.1, 0.15) is 6.54 Å². The van der Waals surface area contributed by atoms with Crippen LogP contribution >= 0.6 is 11.3 Å². The minimum absolute atomic E-state index is 0.112. The Morgan fingerprint density at radius 3 is 2.52 bits per heavy atom. The monoisotopic (exact) mass is 361 g/mol. The van der Waals surface area contributed by atoms with Gasteiger partial charge in [-0.2, -0.15) is 0 Å². The molecule has 0 spiro atoms. The molecule has 0 bridgehead atoms. The van der Waals surface area contributed by atoms with Crippen LogP contribution in [-0.2, 0) is 16.0 Å². The zero-order valence-corrected chi connectivity index (χ0v) is 14.7. The number of aromatic nitrogens is 1. The van der Waals surface area contributed by atoms with E-state index in [-0.39, 0.29) is 30.8 Å². The average molecular weight is 361 g/mol. The molecule has 7 nitrogen and oxygen atoms in total. The molecule has 0 aliphatic heterocycles. The molecule has 0 aliphatic carbocycles. The molecule has 0 aliphatic rings. The Morgan fingerprint density at radius 2 is 1.92 bits per heavy atom. The lowest BCUT2D eigenvalue weighted by molar-refractivity contribution is -0.136. The predicted octanol–water partition coefficient (Wildman–Crippen LogP) is 2.26. The Morgan fingerprint density at radius 1 is 1.24 bits per heavy atom. The molecule has 0 saturated carbocycles. The van der Waals surface area contributed by atoms with Gasteiger partial charge in [0.2, 0.25) is 5.91 Å². The highest BCUT2D eigenvalue weighted by Gasteiger charge is 2.22. The maximum atomic E-state index is 12.6. The second-order valence-corrected chi connectivity index (χ2v) is 6.51. The van der Waals surface area contributed by atoms with Gasteiger partial charge in [0, 0.05) is 17.0 Å². The predicted molar refractivity (Wildman–Crippen MR) is 94.7 cm³/mol. The fourth-order valence-electron chi connectivity index (χ4n) is 2.15. The first-order valence-electron chi connectivity index (χ1n) is 7.69. The fourth-order valence-corrected chi connectivity index (χ4v) is 2.88. The van der Waals surface area contributed by atoms with Gasteiger partial charge in [-0.05, 0) is 26.0 Å². The van der Waals surface area contributed by atoms with Crippen LogP contribution in [0.2, 0.25) is 0 Å². The second-order valence-electron chi connectivity index (χ2n) is 5.66. The van der Waals surface area contributed by atoms with E-state index in [1.165, 1.54) is 4.90 Å². The largest absolute Gasteiger partial charge is 0.481 e. The van der Waals surface area contributed by atoms with E-state index in [0.717, 1.165) is 11.3 Å². The van der Waals surface area contributed by atoms with Crippen molar-refractivity contribution in [2.24, 2.45) is 0 Å². The third-order valence-corrected chi connectivity index (χ3v) is 4.16. The van der Waals surface area contributed by atoms with Crippen LogP contribution in [0, 0.1) is 0 Å². The summed E-state index contributed by atoms with van der Waals surface area (Å²) in [5.41, 5.74) is 0.899. The number of rotatable bonds is 7. The summed E-state index contributed by atoms with van der Waals surface area (Å²) in [5.74, 6) is -1.59. The summed E-state index contributed by atoms with van der Waals surface area (Å²) in [6.45, 7) is 3.56. The molecule has 2 N–H and O–H groups in total. The van der Waals surface area contributed by atoms with Gasteiger partial charge >= 0.3 is 5.97 Å². The number of hydrogen-bond acceptors (Lipinski definition) is 5. The van der Waals surface area contributed by atoms with Crippen LogP contribution in [0.15, 0.2) is 35.7 Å². The number of nitrogens with zero attached hydrogens (tertiary/aromatic N) is 2. The number of carboxylic acids is 1. The summed E-state index contributed by atoms with van der Waals surface area (Å²) in [6, 6.07) is 8.61. The molecule has 132 valence electrons. The number of anilines is 1. The first kappa shape index (κ1) is 18.6. The number of aliphatic carboxylic acids is 1. The molecule has 1 aromatic heterocycles. The first-order valence-corrected chi connectivity index (χ1v) is 8.57. The van der Waals surface area contributed by atoms with E-state index >= 15 is 0 Å². The van der Waals surface area contributed by atoms with Crippen molar-refractivity contribution in [3.8, 4) is 0 Å². The molecule has 0 fully saturated rings. The number of benzene rings is 1. The van der Waals surface area contributed by atoms with Gasteiger partial charge in [0.05, 0.1) is 12.1 Å². The van der Waals surface area contributed by atoms with E-state index in [4.69, 9.17) is 5.11 Å². The fraction of sp³-hybridized carbons (Fsp3) is 0.294. The average Bonchev–Trinajstić information content (AvgIpc) is 2.98. The lowest BCUT2D eigenvalue weighted by atomic mass is 10.1. The quantitative estimate of drug-likeness (QED) is 0.788. The molecule has 8 heteroatoms. The molecule has 25 heavy (non-hydrogen) atoms. The van der Waals surface area contributed by atoms with Crippen molar-refractivity contribution < 1.29 is 19.5 Å². The number of hydrogen-bond donors (Lipinski definition) is 2. The van der Waals surface area contributed by atoms with Crippen LogP contribution < -0.4 is 5.32 Å². The summed E-state index contributed by atoms with van der Waals surface area (Å²) < 4.78 is 0. The van der Waals surface area contributed by atoms with Crippen LogP contribution in [-0.4, -0.2) is 45.4 Å². The molecule has 0 radical (unpaired) electrons. The first-order chi connectivity index (χ1) is 11.9. The summed E-state index contributed by atoms with van der Waals surface area (Å²) in [6.07, 6.45) is -0.197. The molecule has 2 amide bonds. The summed E-state index contributed by atoms with van der Waals surface area (Å²) in [7, 11) is 0. The molecule has 2 aromatic rings. The SMILES string of the molecule is CC(C)N(CC(=O)Nc1nc(CC(=O)O)cs1)C(=O)c1ccccc1. The van der Waals surface area contributed by atoms with E-state index in [2.05, 4.69) is 10.3 Å². The molecule has 2 rings (SSSR count). The van der Waals surface area contributed by atoms with Gasteiger partial charge in [-0.3, -0.25) is 14.4 Å². The Labute approximate surface area is 149 Å². The smallest absolute Gasteiger partial charge is 0.309 e. The van der Waals surface area contributed by atoms with Gasteiger partial charge in [0.15, 0.2) is 5.13 Å². The van der Waals surface area contributed by atoms with Crippen LogP contribution in [0.25, 0.3) is 0 Å². The molecule has 0 atom stereocenters. The Hall–Kier alpha value is -2.74. The van der Waals surface area contributed by atoms with E-state index in [1.54, 1.807) is 29.6 Å². The van der Waals surface area contributed by atoms with Crippen molar-refractivity contribution in [1.82, 2.24) is 9.88 Å². The maximum Gasteiger partial charge on any atom is 0.309 e. The normalized spacial score (nSPS) is 10.5. The highest BCUT2D eigenvalue weighted by Crippen LogP contribution is 2.16. The third-order valence-electron chi connectivity index (χ3n) is 3.35. The van der Waals surface area contributed by atoms with Gasteiger partial charge in [-0.15, -0.1) is 11.3 Å². The number of carbonyl (C=O) groups is 3. The zero-order chi connectivity index (χ0) is 18.4. The van der Waals surface area contributed by atoms with E-state index in [1.807, 2.05) is 19.9 Å². The summed E-state index contributed by atoms with van der Waals surface area (Å²) >= 11 is 1.15. The van der Waals surface area contributed by atoms with Gasteiger partial charge in [-0.1, -0.05) is 18.2 Å². The standard InChI is InChI=1S/C17H19N3O4S/c1-11(2)20(16(24)12-6-4-3-5-7-12)9-14(21)19-17-18-13(10-25-17)8-15(22)23/h3-7,10-11H,8-9H2,1-2H3,(H,22,23)(H,18,19,21). The van der Waals surface area contributed by atoms with Crippen molar-refractivity contribution in [2.75, 3.05) is 11.9 Å². The van der Waals surface area contributed by atoms with E-state index < -0.39 is 5.97 Å². The molecule has 1 aromatic carbocycles. The van der Waals surface area contributed by atoms with Crippen molar-refractivity contribution in [1.29, 1.82) is 0 Å². The molecule has 0 saturated heterocycles. The number of nitrogens with one attached hydrogen (secondary N) is 1. The Bertz CT molecular complexity index is 758. The minimum Gasteiger partial charge on any atom is -0.481 e. The Balaban J connectivity index is 2.02. The lowest BCUT2D eigenvalue weighted by Crippen LogP contribution is -2.42. The molecular formula is C17H19N3O4S. The van der Waals surface area contributed by atoms with Crippen molar-refractivity contribution in [3.63, 3.8) is 0 Å². The van der Waals surface area contributed by atoms with Crippen molar-refractivity contribution >= 4 is 34.3 Å². The van der Waals surface area contributed by atoms with Crippen LogP contribution in [0.5, 0.6) is 0 Å². The highest BCUT2D eigenvalue weighted by molar-refractivity contribution is 7.13. The molecule has 0 unspecified atom stereocenters. The van der Waals surface area contributed by atoms with E-state index in [0.29, 0.717) is 16.4 Å². The van der Waals surface area contributed by atoms with Crippen molar-refractivity contribution in [3.05, 3.63) is 47.0 Å². The number of amides is 2. The molecular weight excluding hydrogens is 342 g/mol. The topological polar surface area (TPSA) is 99.6 Å². The minimum atomic E-state index is -0.984. The Kier molecular flexibility index (Phi) is 6.24. The lowest BCUT2D eigenvalue weighted by Gasteiger charge is -2.26. The number of thiazole rings is 1. The van der Waals surface area contributed by atoms with Crippen molar-refractivity contribution in [2.45, 2.75) is 26.3 Å². The number of carboxylic acid groups (broad SMARTS) is 1. The van der Waals surface area contributed by atoms with Gasteiger partial charge < -0.3 is 15.3 Å². The summed E-state index contributed by atoms with van der Waals surface area (Å²) in [5, 5.41) is 13.2. The van der Waals surface area contributed by atoms with Gasteiger partial charge in [0.25, 0.3) is 5.91 Å². The van der Waals surface area contributed by atoms with Gasteiger partial charge in [-0.25, -0.2) is 4.98 Å². The maximum absolute atomic E-state index is 12.6. The van der Waals surface area contributed by atoms with Crippen LogP contribution in [0.3, 0.4) is 0 Å². The van der Waals surface area contributed by atoms with Crippen LogP contribution in [0.1, 0.15) is 29.9 Å². The van der Waals surface area contributed by atoms with E-state index in [9.17, 15) is 14.4 Å². The highest BCUT2D eigenvalue weighted by atomic mass is 32.1. The van der Waals surface area contributed by atoms with Crippen LogP contribution in [0.4, 0.5) is 5.13 Å². The molecule has 1 heterocycles.